The van der Waals surface area contributed by atoms with Crippen LogP contribution in [0.5, 0.6) is 0 Å². The fraction of sp³-hybridized carbons (Fsp3) is 0.125. The first kappa shape index (κ1) is 10.2. The molecule has 0 amide bonds. The number of hydrogen-bond donors (Lipinski definition) is 1. The molecule has 2 aromatic carbocycles. The maximum absolute atomic E-state index is 3.97. The fourth-order valence-corrected chi connectivity index (χ4v) is 2.33. The van der Waals surface area contributed by atoms with Crippen molar-refractivity contribution >= 4 is 5.69 Å². The lowest BCUT2D eigenvalue weighted by Gasteiger charge is -2.05. The monoisotopic (exact) mass is 221 g/mol. The lowest BCUT2D eigenvalue weighted by molar-refractivity contribution is 1.26. The zero-order valence-electron chi connectivity index (χ0n) is 9.96. The molecular weight excluding hydrogens is 206 g/mol. The molecule has 0 bridgehead atoms. The van der Waals surface area contributed by atoms with Crippen molar-refractivity contribution in [2.45, 2.75) is 13.3 Å². The quantitative estimate of drug-likeness (QED) is 0.763. The second-order valence-electron chi connectivity index (χ2n) is 4.65. The molecule has 0 saturated carbocycles. The Morgan fingerprint density at radius 3 is 2.71 bits per heavy atom. The molecule has 1 heteroatoms. The Kier molecular flexibility index (Phi) is 2.25. The normalized spacial score (nSPS) is 13.4. The summed E-state index contributed by atoms with van der Waals surface area (Å²) in [6.07, 6.45) is 0.939. The van der Waals surface area contributed by atoms with E-state index >= 15 is 0 Å². The summed E-state index contributed by atoms with van der Waals surface area (Å²) in [7, 11) is 0. The van der Waals surface area contributed by atoms with Crippen LogP contribution in [0.4, 0.5) is 5.69 Å². The SMILES string of the molecule is C=C1Cc2cc(-c3cccc(C)c3)ccc2N1. The second-order valence-corrected chi connectivity index (χ2v) is 4.65. The van der Waals surface area contributed by atoms with E-state index in [1.807, 2.05) is 0 Å². The molecule has 84 valence electrons. The van der Waals surface area contributed by atoms with E-state index < -0.39 is 0 Å². The summed E-state index contributed by atoms with van der Waals surface area (Å²) in [5.74, 6) is 0. The standard InChI is InChI=1S/C16H15N/c1-11-4-3-5-13(8-11)14-6-7-16-15(10-14)9-12(2)17-16/h3-8,10,17H,2,9H2,1H3. The molecule has 0 saturated heterocycles. The van der Waals surface area contributed by atoms with Crippen molar-refractivity contribution in [3.8, 4) is 11.1 Å². The molecule has 1 N–H and O–H groups in total. The maximum Gasteiger partial charge on any atom is 0.0418 e. The predicted molar refractivity (Wildman–Crippen MR) is 73.1 cm³/mol. The highest BCUT2D eigenvalue weighted by atomic mass is 14.9. The smallest absolute Gasteiger partial charge is 0.0418 e. The molecule has 0 atom stereocenters. The minimum absolute atomic E-state index is 0.939. The number of rotatable bonds is 1. The van der Waals surface area contributed by atoms with Crippen molar-refractivity contribution in [2.75, 3.05) is 5.32 Å². The summed E-state index contributed by atoms with van der Waals surface area (Å²) in [6.45, 7) is 6.10. The van der Waals surface area contributed by atoms with Gasteiger partial charge in [-0.05, 0) is 35.7 Å². The first-order valence-electron chi connectivity index (χ1n) is 5.87. The number of benzene rings is 2. The van der Waals surface area contributed by atoms with Crippen molar-refractivity contribution in [1.82, 2.24) is 0 Å². The number of fused-ring (bicyclic) bond motifs is 1. The summed E-state index contributed by atoms with van der Waals surface area (Å²) in [5, 5.41) is 3.29. The van der Waals surface area contributed by atoms with Crippen LogP contribution in [-0.2, 0) is 6.42 Å². The Labute approximate surface area is 102 Å². The van der Waals surface area contributed by atoms with Crippen LogP contribution in [0.1, 0.15) is 11.1 Å². The van der Waals surface area contributed by atoms with Gasteiger partial charge in [0.25, 0.3) is 0 Å². The van der Waals surface area contributed by atoms with Crippen LogP contribution in [0.15, 0.2) is 54.7 Å². The Balaban J connectivity index is 2.06. The first-order chi connectivity index (χ1) is 8.22. The van der Waals surface area contributed by atoms with Gasteiger partial charge < -0.3 is 5.32 Å². The third kappa shape index (κ3) is 1.84. The van der Waals surface area contributed by atoms with E-state index in [4.69, 9.17) is 0 Å². The lowest BCUT2D eigenvalue weighted by Crippen LogP contribution is -1.87. The summed E-state index contributed by atoms with van der Waals surface area (Å²) in [5.41, 5.74) is 7.49. The zero-order chi connectivity index (χ0) is 11.8. The molecule has 1 heterocycles. The number of hydrogen-bond acceptors (Lipinski definition) is 1. The van der Waals surface area contributed by atoms with E-state index in [9.17, 15) is 0 Å². The fourth-order valence-electron chi connectivity index (χ4n) is 2.33. The number of nitrogens with one attached hydrogen (secondary N) is 1. The summed E-state index contributed by atoms with van der Waals surface area (Å²) < 4.78 is 0. The molecule has 1 aliphatic heterocycles. The molecule has 0 fully saturated rings. The predicted octanol–water partition coefficient (Wildman–Crippen LogP) is 4.14. The highest BCUT2D eigenvalue weighted by Crippen LogP contribution is 2.31. The minimum Gasteiger partial charge on any atom is -0.359 e. The minimum atomic E-state index is 0.939. The van der Waals surface area contributed by atoms with Gasteiger partial charge in [0.05, 0.1) is 0 Å². The van der Waals surface area contributed by atoms with Crippen LogP contribution in [-0.4, -0.2) is 0 Å². The molecule has 0 unspecified atom stereocenters. The Morgan fingerprint density at radius 1 is 1.06 bits per heavy atom. The summed E-state index contributed by atoms with van der Waals surface area (Å²) >= 11 is 0. The van der Waals surface area contributed by atoms with Crippen LogP contribution in [0, 0.1) is 6.92 Å². The average molecular weight is 221 g/mol. The van der Waals surface area contributed by atoms with E-state index in [1.54, 1.807) is 0 Å². The van der Waals surface area contributed by atoms with Crippen molar-refractivity contribution in [3.63, 3.8) is 0 Å². The molecule has 0 aliphatic carbocycles. The van der Waals surface area contributed by atoms with Gasteiger partial charge in [-0.3, -0.25) is 0 Å². The van der Waals surface area contributed by atoms with Crippen molar-refractivity contribution in [1.29, 1.82) is 0 Å². The second kappa shape index (κ2) is 3.77. The van der Waals surface area contributed by atoms with Gasteiger partial charge in [-0.15, -0.1) is 0 Å². The number of anilines is 1. The average Bonchev–Trinajstić information content (AvgIpc) is 2.68. The third-order valence-corrected chi connectivity index (χ3v) is 3.17. The Hall–Kier alpha value is -2.02. The van der Waals surface area contributed by atoms with Crippen LogP contribution in [0.2, 0.25) is 0 Å². The molecule has 0 spiro atoms. The van der Waals surface area contributed by atoms with Gasteiger partial charge in [-0.1, -0.05) is 42.5 Å². The van der Waals surface area contributed by atoms with Gasteiger partial charge in [0, 0.05) is 17.8 Å². The van der Waals surface area contributed by atoms with Crippen molar-refractivity contribution in [3.05, 3.63) is 65.9 Å². The molecule has 1 nitrogen and oxygen atoms in total. The molecule has 3 rings (SSSR count). The number of aryl methyl sites for hydroxylation is 1. The molecular formula is C16H15N. The van der Waals surface area contributed by atoms with E-state index in [-0.39, 0.29) is 0 Å². The summed E-state index contributed by atoms with van der Waals surface area (Å²) in [6, 6.07) is 15.2. The van der Waals surface area contributed by atoms with E-state index in [0.29, 0.717) is 0 Å². The number of allylic oxidation sites excluding steroid dienone is 1. The molecule has 17 heavy (non-hydrogen) atoms. The highest BCUT2D eigenvalue weighted by Gasteiger charge is 2.13. The van der Waals surface area contributed by atoms with Crippen molar-refractivity contribution in [2.24, 2.45) is 0 Å². The Morgan fingerprint density at radius 2 is 1.88 bits per heavy atom. The van der Waals surface area contributed by atoms with E-state index in [2.05, 4.69) is 61.3 Å². The van der Waals surface area contributed by atoms with Crippen LogP contribution >= 0.6 is 0 Å². The van der Waals surface area contributed by atoms with Crippen LogP contribution in [0.3, 0.4) is 0 Å². The molecule has 2 aromatic rings. The molecule has 0 aromatic heterocycles. The molecule has 1 aliphatic rings. The Bertz CT molecular complexity index is 596. The van der Waals surface area contributed by atoms with Gasteiger partial charge in [-0.2, -0.15) is 0 Å². The van der Waals surface area contributed by atoms with Gasteiger partial charge in [0.1, 0.15) is 0 Å². The first-order valence-corrected chi connectivity index (χ1v) is 5.87. The van der Waals surface area contributed by atoms with Crippen molar-refractivity contribution < 1.29 is 0 Å². The van der Waals surface area contributed by atoms with Gasteiger partial charge in [-0.25, -0.2) is 0 Å². The lowest BCUT2D eigenvalue weighted by atomic mass is 10.0. The topological polar surface area (TPSA) is 12.0 Å². The highest BCUT2D eigenvalue weighted by molar-refractivity contribution is 5.72. The van der Waals surface area contributed by atoms with Gasteiger partial charge >= 0.3 is 0 Å². The van der Waals surface area contributed by atoms with Crippen LogP contribution in [0.25, 0.3) is 11.1 Å². The maximum atomic E-state index is 3.97. The van der Waals surface area contributed by atoms with E-state index in [1.165, 1.54) is 27.9 Å². The van der Waals surface area contributed by atoms with Gasteiger partial charge in [0.15, 0.2) is 0 Å². The molecule has 0 radical (unpaired) electrons. The third-order valence-electron chi connectivity index (χ3n) is 3.17. The largest absolute Gasteiger partial charge is 0.359 e. The van der Waals surface area contributed by atoms with Gasteiger partial charge in [0.2, 0.25) is 0 Å². The van der Waals surface area contributed by atoms with E-state index in [0.717, 1.165) is 12.1 Å². The summed E-state index contributed by atoms with van der Waals surface area (Å²) in [4.78, 5) is 0. The van der Waals surface area contributed by atoms with Crippen LogP contribution < -0.4 is 5.32 Å². The zero-order valence-corrected chi connectivity index (χ0v) is 9.96.